The van der Waals surface area contributed by atoms with Crippen molar-refractivity contribution in [1.29, 1.82) is 0 Å². The Morgan fingerprint density at radius 3 is 2.35 bits per heavy atom. The van der Waals surface area contributed by atoms with Gasteiger partial charge in [-0.15, -0.1) is 0 Å². The number of hydrogen-bond acceptors (Lipinski definition) is 2. The Balaban J connectivity index is 1.94. The van der Waals surface area contributed by atoms with Crippen molar-refractivity contribution in [2.24, 2.45) is 0 Å². The molecule has 5 nitrogen and oxygen atoms in total. The predicted molar refractivity (Wildman–Crippen MR) is 106 cm³/mol. The highest BCUT2D eigenvalue weighted by Gasteiger charge is 2.24. The number of hydrogen-bond donors (Lipinski definition) is 3. The molecule has 0 aliphatic carbocycles. The zero-order chi connectivity index (χ0) is 19.3. The molecule has 0 saturated carbocycles. The van der Waals surface area contributed by atoms with E-state index >= 15 is 0 Å². The molecular weight excluding hydrogens is 397 g/mol. The summed E-state index contributed by atoms with van der Waals surface area (Å²) < 4.78 is 0. The first-order valence-corrected chi connectivity index (χ1v) is 9.04. The van der Waals surface area contributed by atoms with Crippen molar-refractivity contribution in [2.75, 3.05) is 24.2 Å². The fourth-order valence-electron chi connectivity index (χ4n) is 2.22. The Kier molecular flexibility index (Phi) is 7.29. The van der Waals surface area contributed by atoms with E-state index in [-0.39, 0.29) is 18.4 Å². The van der Waals surface area contributed by atoms with E-state index in [1.54, 1.807) is 56.4 Å². The number of carbonyl (C=O) groups excluding carboxylic acids is 2. The summed E-state index contributed by atoms with van der Waals surface area (Å²) >= 11 is 18.0. The molecule has 0 aliphatic heterocycles. The van der Waals surface area contributed by atoms with Crippen LogP contribution >= 0.6 is 34.8 Å². The highest BCUT2D eigenvalue weighted by atomic mass is 35.5. The van der Waals surface area contributed by atoms with Crippen LogP contribution in [0, 0.1) is 0 Å². The van der Waals surface area contributed by atoms with Gasteiger partial charge in [-0.1, -0.05) is 46.9 Å². The Morgan fingerprint density at radius 1 is 1.00 bits per heavy atom. The van der Waals surface area contributed by atoms with Crippen molar-refractivity contribution in [3.63, 3.8) is 0 Å². The van der Waals surface area contributed by atoms with Gasteiger partial charge in [0.15, 0.2) is 12.6 Å². The predicted octanol–water partition coefficient (Wildman–Crippen LogP) is 3.13. The van der Waals surface area contributed by atoms with Crippen LogP contribution in [0.1, 0.15) is 6.92 Å². The molecule has 2 aromatic rings. The van der Waals surface area contributed by atoms with Gasteiger partial charge in [0.25, 0.3) is 11.8 Å². The summed E-state index contributed by atoms with van der Waals surface area (Å²) in [5.41, 5.74) is 0.971. The molecule has 26 heavy (non-hydrogen) atoms. The Hall–Kier alpha value is -1.79. The smallest absolute Gasteiger partial charge is 0.282 e. The van der Waals surface area contributed by atoms with Gasteiger partial charge >= 0.3 is 0 Å². The molecule has 2 atom stereocenters. The number of carbonyl (C=O) groups is 2. The zero-order valence-electron chi connectivity index (χ0n) is 14.3. The number of quaternary nitrogens is 1. The second kappa shape index (κ2) is 9.24. The summed E-state index contributed by atoms with van der Waals surface area (Å²) in [6.45, 7) is 1.83. The number of nitrogens with one attached hydrogen (secondary N) is 3. The van der Waals surface area contributed by atoms with Crippen LogP contribution in [0.25, 0.3) is 0 Å². The first-order valence-electron chi connectivity index (χ1n) is 7.90. The minimum Gasteiger partial charge on any atom is -0.320 e. The van der Waals surface area contributed by atoms with Crippen molar-refractivity contribution in [1.82, 2.24) is 0 Å². The Labute approximate surface area is 167 Å². The molecular formula is C18H19Cl3N3O2+. The number of rotatable bonds is 6. The van der Waals surface area contributed by atoms with E-state index in [0.29, 0.717) is 31.3 Å². The molecule has 3 N–H and O–H groups in total. The molecule has 0 saturated heterocycles. The second-order valence-electron chi connectivity index (χ2n) is 5.89. The topological polar surface area (TPSA) is 62.6 Å². The van der Waals surface area contributed by atoms with Gasteiger partial charge in [-0.25, -0.2) is 0 Å². The van der Waals surface area contributed by atoms with Gasteiger partial charge in [0.2, 0.25) is 0 Å². The number of amides is 2. The molecule has 0 bridgehead atoms. The molecule has 2 rings (SSSR count). The van der Waals surface area contributed by atoms with Gasteiger partial charge in [-0.2, -0.15) is 0 Å². The summed E-state index contributed by atoms with van der Waals surface area (Å²) in [5, 5.41) is 6.79. The lowest BCUT2D eigenvalue weighted by atomic mass is 10.2. The molecule has 0 spiro atoms. The highest BCUT2D eigenvalue weighted by molar-refractivity contribution is 6.35. The molecule has 2 aromatic carbocycles. The lowest BCUT2D eigenvalue weighted by Crippen LogP contribution is -3.14. The van der Waals surface area contributed by atoms with Crippen molar-refractivity contribution in [3.05, 3.63) is 57.5 Å². The molecule has 138 valence electrons. The molecule has 0 heterocycles. The van der Waals surface area contributed by atoms with Crippen molar-refractivity contribution in [3.8, 4) is 0 Å². The molecule has 8 heteroatoms. The van der Waals surface area contributed by atoms with Crippen LogP contribution in [-0.2, 0) is 9.59 Å². The monoisotopic (exact) mass is 414 g/mol. The first-order chi connectivity index (χ1) is 12.3. The van der Waals surface area contributed by atoms with Crippen LogP contribution in [0.5, 0.6) is 0 Å². The minimum atomic E-state index is -0.484. The van der Waals surface area contributed by atoms with Gasteiger partial charge in [0, 0.05) is 5.02 Å². The van der Waals surface area contributed by atoms with Crippen LogP contribution in [-0.4, -0.2) is 31.4 Å². The second-order valence-corrected chi connectivity index (χ2v) is 7.14. The maximum Gasteiger partial charge on any atom is 0.282 e. The summed E-state index contributed by atoms with van der Waals surface area (Å²) in [4.78, 5) is 25.3. The van der Waals surface area contributed by atoms with Gasteiger partial charge < -0.3 is 15.5 Å². The quantitative estimate of drug-likeness (QED) is 0.679. The molecule has 0 aliphatic rings. The van der Waals surface area contributed by atoms with E-state index in [4.69, 9.17) is 34.8 Å². The number of benzene rings is 2. The summed E-state index contributed by atoms with van der Waals surface area (Å²) in [6, 6.07) is 11.3. The van der Waals surface area contributed by atoms with Crippen LogP contribution < -0.4 is 15.5 Å². The third-order valence-electron chi connectivity index (χ3n) is 3.91. The fourth-order valence-corrected chi connectivity index (χ4v) is 2.74. The van der Waals surface area contributed by atoms with Crippen molar-refractivity contribution < 1.29 is 14.5 Å². The van der Waals surface area contributed by atoms with Gasteiger partial charge in [-0.05, 0) is 37.3 Å². The van der Waals surface area contributed by atoms with Crippen LogP contribution in [0.3, 0.4) is 0 Å². The maximum atomic E-state index is 12.4. The van der Waals surface area contributed by atoms with Crippen LogP contribution in [0.15, 0.2) is 42.5 Å². The van der Waals surface area contributed by atoms with Crippen molar-refractivity contribution in [2.45, 2.75) is 13.0 Å². The Bertz CT molecular complexity index is 814. The standard InChI is InChI=1S/C18H18Cl3N3O2/c1-11(18(26)23-16-9-12(19)7-8-14(16)21)24(2)10-17(25)22-15-6-4-3-5-13(15)20/h3-9,11H,10H2,1-2H3,(H,22,25)(H,23,26)/p+1/t11-/m1/s1. The van der Waals surface area contributed by atoms with Crippen molar-refractivity contribution >= 4 is 58.0 Å². The van der Waals surface area contributed by atoms with E-state index in [1.165, 1.54) is 0 Å². The van der Waals surface area contributed by atoms with Gasteiger partial charge in [0.1, 0.15) is 0 Å². The van der Waals surface area contributed by atoms with E-state index in [1.807, 2.05) is 0 Å². The largest absolute Gasteiger partial charge is 0.320 e. The molecule has 0 fully saturated rings. The number of likely N-dealkylation sites (N-methyl/N-ethyl adjacent to an activating group) is 1. The SMILES string of the molecule is C[C@H](C(=O)Nc1cc(Cl)ccc1Cl)[NH+](C)CC(=O)Nc1ccccc1Cl. The summed E-state index contributed by atoms with van der Waals surface area (Å²) in [7, 11) is 1.76. The van der Waals surface area contributed by atoms with Crippen LogP contribution in [0.2, 0.25) is 15.1 Å². The Morgan fingerprint density at radius 2 is 1.65 bits per heavy atom. The highest BCUT2D eigenvalue weighted by Crippen LogP contribution is 2.25. The molecule has 0 radical (unpaired) electrons. The average molecular weight is 416 g/mol. The summed E-state index contributed by atoms with van der Waals surface area (Å²) in [6.07, 6.45) is 0. The summed E-state index contributed by atoms with van der Waals surface area (Å²) in [5.74, 6) is -0.506. The lowest BCUT2D eigenvalue weighted by molar-refractivity contribution is -0.885. The van der Waals surface area contributed by atoms with E-state index in [2.05, 4.69) is 10.6 Å². The van der Waals surface area contributed by atoms with E-state index in [9.17, 15) is 9.59 Å². The fraction of sp³-hybridized carbons (Fsp3) is 0.222. The van der Waals surface area contributed by atoms with Crippen LogP contribution in [0.4, 0.5) is 11.4 Å². The lowest BCUT2D eigenvalue weighted by Gasteiger charge is -2.21. The molecule has 1 unspecified atom stereocenters. The molecule has 2 amide bonds. The number of para-hydroxylation sites is 1. The van der Waals surface area contributed by atoms with Gasteiger partial charge in [-0.3, -0.25) is 9.59 Å². The third kappa shape index (κ3) is 5.61. The first kappa shape index (κ1) is 20.5. The average Bonchev–Trinajstić information content (AvgIpc) is 2.59. The number of halogens is 3. The van der Waals surface area contributed by atoms with E-state index in [0.717, 1.165) is 0 Å². The zero-order valence-corrected chi connectivity index (χ0v) is 16.5. The normalized spacial score (nSPS) is 13.0. The van der Waals surface area contributed by atoms with E-state index < -0.39 is 6.04 Å². The maximum absolute atomic E-state index is 12.4. The minimum absolute atomic E-state index is 0.100. The van der Waals surface area contributed by atoms with Gasteiger partial charge in [0.05, 0.1) is 28.5 Å². The number of anilines is 2. The molecule has 0 aromatic heterocycles. The third-order valence-corrected chi connectivity index (χ3v) is 4.80.